The van der Waals surface area contributed by atoms with Crippen LogP contribution in [0.1, 0.15) is 38.7 Å². The minimum absolute atomic E-state index is 0.189. The molecular formula is C15H22O2S. The van der Waals surface area contributed by atoms with E-state index in [1.807, 2.05) is 11.8 Å². The molecule has 1 rings (SSSR count). The second-order valence-corrected chi connectivity index (χ2v) is 5.76. The zero-order valence-electron chi connectivity index (χ0n) is 11.4. The molecule has 1 aromatic rings. The van der Waals surface area contributed by atoms with Gasteiger partial charge in [0.15, 0.2) is 0 Å². The van der Waals surface area contributed by atoms with Crippen molar-refractivity contribution in [2.24, 2.45) is 0 Å². The van der Waals surface area contributed by atoms with Crippen molar-refractivity contribution in [3.05, 3.63) is 29.8 Å². The minimum atomic E-state index is -0.189. The Hall–Kier alpha value is -0.960. The fourth-order valence-corrected chi connectivity index (χ4v) is 3.12. The first kappa shape index (κ1) is 15.1. The van der Waals surface area contributed by atoms with Crippen LogP contribution >= 0.6 is 11.8 Å². The predicted octanol–water partition coefficient (Wildman–Crippen LogP) is 4.21. The molecule has 2 nitrogen and oxygen atoms in total. The van der Waals surface area contributed by atoms with Crippen LogP contribution in [-0.2, 0) is 9.53 Å². The Morgan fingerprint density at radius 1 is 1.33 bits per heavy atom. The van der Waals surface area contributed by atoms with Gasteiger partial charge in [-0.2, -0.15) is 0 Å². The van der Waals surface area contributed by atoms with Gasteiger partial charge in [0.25, 0.3) is 0 Å². The fraction of sp³-hybridized carbons (Fsp3) is 0.533. The Kier molecular flexibility index (Phi) is 6.88. The monoisotopic (exact) mass is 266 g/mol. The molecule has 0 radical (unpaired) electrons. The van der Waals surface area contributed by atoms with E-state index in [4.69, 9.17) is 4.74 Å². The van der Waals surface area contributed by atoms with Gasteiger partial charge in [0, 0.05) is 17.1 Å². The summed E-state index contributed by atoms with van der Waals surface area (Å²) >= 11 is 1.90. The summed E-state index contributed by atoms with van der Waals surface area (Å²) in [7, 11) is 0. The van der Waals surface area contributed by atoms with Crippen LogP contribution in [0.25, 0.3) is 0 Å². The van der Waals surface area contributed by atoms with Gasteiger partial charge in [-0.05, 0) is 31.4 Å². The van der Waals surface area contributed by atoms with Crippen LogP contribution < -0.4 is 0 Å². The van der Waals surface area contributed by atoms with Gasteiger partial charge >= 0.3 is 5.97 Å². The molecule has 1 aromatic carbocycles. The summed E-state index contributed by atoms with van der Waals surface area (Å²) in [6.07, 6.45) is 3.23. The number of carbonyl (C=O) groups excluding carboxylic acids is 1. The maximum Gasteiger partial charge on any atom is 0.302 e. The average Bonchev–Trinajstić information content (AvgIpc) is 2.32. The fourth-order valence-electron chi connectivity index (χ4n) is 1.79. The van der Waals surface area contributed by atoms with Crippen molar-refractivity contribution in [3.8, 4) is 0 Å². The average molecular weight is 266 g/mol. The zero-order chi connectivity index (χ0) is 13.4. The zero-order valence-corrected chi connectivity index (χ0v) is 12.3. The standard InChI is InChI=1S/C15H22O2S/c1-4-7-14(10-11-17-13(3)16)18-15-9-6-5-8-12(15)2/h5-6,8-9,14H,4,7,10-11H2,1-3H3. The largest absolute Gasteiger partial charge is 0.466 e. The van der Waals surface area contributed by atoms with E-state index in [0.717, 1.165) is 19.3 Å². The van der Waals surface area contributed by atoms with Gasteiger partial charge in [0.1, 0.15) is 0 Å². The van der Waals surface area contributed by atoms with E-state index in [9.17, 15) is 4.79 Å². The predicted molar refractivity (Wildman–Crippen MR) is 77.0 cm³/mol. The number of hydrogen-bond donors (Lipinski definition) is 0. The second-order valence-electron chi connectivity index (χ2n) is 4.42. The van der Waals surface area contributed by atoms with E-state index in [1.54, 1.807) is 0 Å². The molecule has 0 N–H and O–H groups in total. The van der Waals surface area contributed by atoms with E-state index in [2.05, 4.69) is 38.1 Å². The highest BCUT2D eigenvalue weighted by atomic mass is 32.2. The molecule has 100 valence electrons. The molecule has 0 bridgehead atoms. The van der Waals surface area contributed by atoms with Crippen LogP contribution in [-0.4, -0.2) is 17.8 Å². The van der Waals surface area contributed by atoms with Crippen LogP contribution in [0.2, 0.25) is 0 Å². The summed E-state index contributed by atoms with van der Waals surface area (Å²) in [5.41, 5.74) is 1.32. The molecule has 0 fully saturated rings. The van der Waals surface area contributed by atoms with E-state index in [0.29, 0.717) is 11.9 Å². The summed E-state index contributed by atoms with van der Waals surface area (Å²) < 4.78 is 5.03. The van der Waals surface area contributed by atoms with Crippen LogP contribution in [0.5, 0.6) is 0 Å². The van der Waals surface area contributed by atoms with Gasteiger partial charge in [-0.3, -0.25) is 4.79 Å². The molecule has 0 aliphatic heterocycles. The topological polar surface area (TPSA) is 26.3 Å². The summed E-state index contributed by atoms with van der Waals surface area (Å²) in [6, 6.07) is 8.43. The van der Waals surface area contributed by atoms with Crippen molar-refractivity contribution in [2.45, 2.75) is 50.2 Å². The Balaban J connectivity index is 2.51. The molecule has 3 heteroatoms. The lowest BCUT2D eigenvalue weighted by Gasteiger charge is -2.16. The van der Waals surface area contributed by atoms with Crippen molar-refractivity contribution in [3.63, 3.8) is 0 Å². The lowest BCUT2D eigenvalue weighted by Crippen LogP contribution is -2.09. The quantitative estimate of drug-likeness (QED) is 0.546. The minimum Gasteiger partial charge on any atom is -0.466 e. The summed E-state index contributed by atoms with van der Waals surface area (Å²) in [5, 5.41) is 0.524. The van der Waals surface area contributed by atoms with Crippen molar-refractivity contribution in [2.75, 3.05) is 6.61 Å². The van der Waals surface area contributed by atoms with E-state index in [1.165, 1.54) is 17.4 Å². The normalized spacial score (nSPS) is 12.2. The Morgan fingerprint density at radius 3 is 2.67 bits per heavy atom. The van der Waals surface area contributed by atoms with Gasteiger partial charge in [0.05, 0.1) is 6.61 Å². The molecule has 18 heavy (non-hydrogen) atoms. The van der Waals surface area contributed by atoms with E-state index in [-0.39, 0.29) is 5.97 Å². The highest BCUT2D eigenvalue weighted by molar-refractivity contribution is 8.00. The van der Waals surface area contributed by atoms with Gasteiger partial charge in [0.2, 0.25) is 0 Å². The van der Waals surface area contributed by atoms with E-state index >= 15 is 0 Å². The lowest BCUT2D eigenvalue weighted by atomic mass is 10.2. The lowest BCUT2D eigenvalue weighted by molar-refractivity contribution is -0.141. The number of rotatable bonds is 7. The first-order valence-corrected chi connectivity index (χ1v) is 7.37. The van der Waals surface area contributed by atoms with Crippen molar-refractivity contribution in [1.82, 2.24) is 0 Å². The molecular weight excluding hydrogens is 244 g/mol. The van der Waals surface area contributed by atoms with Crippen LogP contribution in [0.3, 0.4) is 0 Å². The second kappa shape index (κ2) is 8.20. The van der Waals surface area contributed by atoms with Crippen LogP contribution in [0.15, 0.2) is 29.2 Å². The number of ether oxygens (including phenoxy) is 1. The van der Waals surface area contributed by atoms with Gasteiger partial charge in [-0.15, -0.1) is 11.8 Å². The first-order chi connectivity index (χ1) is 8.63. The Labute approximate surface area is 114 Å². The number of esters is 1. The number of aryl methyl sites for hydroxylation is 1. The molecule has 0 aromatic heterocycles. The molecule has 1 atom stereocenters. The number of hydrogen-bond acceptors (Lipinski definition) is 3. The van der Waals surface area contributed by atoms with Crippen molar-refractivity contribution in [1.29, 1.82) is 0 Å². The summed E-state index contributed by atoms with van der Waals surface area (Å²) in [4.78, 5) is 12.1. The third-order valence-corrected chi connectivity index (χ3v) is 4.26. The molecule has 0 saturated carbocycles. The first-order valence-electron chi connectivity index (χ1n) is 6.49. The Bertz CT molecular complexity index is 377. The summed E-state index contributed by atoms with van der Waals surface area (Å²) in [6.45, 7) is 6.32. The molecule has 0 aliphatic rings. The van der Waals surface area contributed by atoms with Gasteiger partial charge in [-0.25, -0.2) is 0 Å². The Morgan fingerprint density at radius 2 is 2.06 bits per heavy atom. The maximum atomic E-state index is 10.8. The molecule has 0 spiro atoms. The van der Waals surface area contributed by atoms with Crippen molar-refractivity contribution >= 4 is 17.7 Å². The highest BCUT2D eigenvalue weighted by Crippen LogP contribution is 2.30. The molecule has 0 amide bonds. The van der Waals surface area contributed by atoms with Gasteiger partial charge < -0.3 is 4.74 Å². The summed E-state index contributed by atoms with van der Waals surface area (Å²) in [5.74, 6) is -0.189. The van der Waals surface area contributed by atoms with E-state index < -0.39 is 0 Å². The van der Waals surface area contributed by atoms with Crippen molar-refractivity contribution < 1.29 is 9.53 Å². The molecule has 0 aliphatic carbocycles. The molecule has 0 saturated heterocycles. The van der Waals surface area contributed by atoms with Crippen LogP contribution in [0, 0.1) is 6.92 Å². The molecule has 1 unspecified atom stereocenters. The SMILES string of the molecule is CCCC(CCOC(C)=O)Sc1ccccc1C. The van der Waals surface area contributed by atoms with Gasteiger partial charge in [-0.1, -0.05) is 31.5 Å². The van der Waals surface area contributed by atoms with Crippen LogP contribution in [0.4, 0.5) is 0 Å². The number of thioether (sulfide) groups is 1. The maximum absolute atomic E-state index is 10.8. The highest BCUT2D eigenvalue weighted by Gasteiger charge is 2.11. The third kappa shape index (κ3) is 5.58. The third-order valence-electron chi connectivity index (χ3n) is 2.74. The smallest absolute Gasteiger partial charge is 0.302 e. The molecule has 0 heterocycles. The number of carbonyl (C=O) groups is 1. The number of benzene rings is 1.